The molecular weight excluding hydrogens is 280 g/mol. The fourth-order valence-corrected chi connectivity index (χ4v) is 2.07. The van der Waals surface area contributed by atoms with E-state index in [1.165, 1.54) is 6.26 Å². The maximum absolute atomic E-state index is 10.8. The van der Waals surface area contributed by atoms with E-state index in [2.05, 4.69) is 26.2 Å². The van der Waals surface area contributed by atoms with Crippen LogP contribution in [0.2, 0.25) is 0 Å². The highest BCUT2D eigenvalue weighted by atomic mass is 79.9. The molecule has 0 amide bonds. The van der Waals surface area contributed by atoms with E-state index >= 15 is 0 Å². The molecule has 6 heteroatoms. The maximum atomic E-state index is 10.8. The molecule has 1 aromatic heterocycles. The molecule has 84 valence electrons. The number of anilines is 1. The number of hydrogen-bond donors (Lipinski definition) is 1. The quantitative estimate of drug-likeness (QED) is 0.663. The predicted octanol–water partition coefficient (Wildman–Crippen LogP) is 1.69. The summed E-state index contributed by atoms with van der Waals surface area (Å²) in [4.78, 5) is 4.16. The van der Waals surface area contributed by atoms with Crippen LogP contribution in [0.5, 0.6) is 0 Å². The molecule has 0 aliphatic heterocycles. The van der Waals surface area contributed by atoms with Gasteiger partial charge in [0.1, 0.15) is 20.3 Å². The van der Waals surface area contributed by atoms with Gasteiger partial charge in [-0.25, -0.2) is 13.4 Å². The van der Waals surface area contributed by atoms with Crippen LogP contribution in [0.1, 0.15) is 6.42 Å². The van der Waals surface area contributed by atoms with Crippen molar-refractivity contribution in [2.24, 2.45) is 0 Å². The van der Waals surface area contributed by atoms with Gasteiger partial charge in [-0.3, -0.25) is 0 Å². The predicted molar refractivity (Wildman–Crippen MR) is 64.8 cm³/mol. The molecule has 0 saturated carbocycles. The van der Waals surface area contributed by atoms with Crippen molar-refractivity contribution in [1.29, 1.82) is 0 Å². The molecule has 0 aliphatic rings. The van der Waals surface area contributed by atoms with E-state index < -0.39 is 9.84 Å². The summed E-state index contributed by atoms with van der Waals surface area (Å²) >= 11 is 3.26. The summed E-state index contributed by atoms with van der Waals surface area (Å²) in [5, 5.41) is 3.05. The van der Waals surface area contributed by atoms with E-state index in [-0.39, 0.29) is 5.75 Å². The van der Waals surface area contributed by atoms with Crippen LogP contribution in [0.4, 0.5) is 5.82 Å². The first-order valence-corrected chi connectivity index (χ1v) is 7.37. The third kappa shape index (κ3) is 5.74. The lowest BCUT2D eigenvalue weighted by molar-refractivity contribution is 0.600. The van der Waals surface area contributed by atoms with Crippen LogP contribution in [0, 0.1) is 0 Å². The van der Waals surface area contributed by atoms with Crippen molar-refractivity contribution < 1.29 is 8.42 Å². The minimum Gasteiger partial charge on any atom is -0.370 e. The van der Waals surface area contributed by atoms with Gasteiger partial charge in [0.2, 0.25) is 0 Å². The van der Waals surface area contributed by atoms with Gasteiger partial charge in [0, 0.05) is 12.8 Å². The Labute approximate surface area is 98.2 Å². The summed E-state index contributed by atoms with van der Waals surface area (Å²) in [7, 11) is -2.86. The van der Waals surface area contributed by atoms with Crippen LogP contribution in [0.15, 0.2) is 22.8 Å². The fraction of sp³-hybridized carbons (Fsp3) is 0.444. The Bertz CT molecular complexity index is 420. The molecule has 15 heavy (non-hydrogen) atoms. The van der Waals surface area contributed by atoms with Gasteiger partial charge >= 0.3 is 0 Å². The molecule has 0 saturated heterocycles. The Morgan fingerprint density at radius 3 is 2.80 bits per heavy atom. The smallest absolute Gasteiger partial charge is 0.147 e. The molecule has 0 atom stereocenters. The summed E-state index contributed by atoms with van der Waals surface area (Å²) in [6.07, 6.45) is 1.83. The molecule has 0 aromatic carbocycles. The summed E-state index contributed by atoms with van der Waals surface area (Å²) in [5.74, 6) is 0.950. The van der Waals surface area contributed by atoms with Crippen molar-refractivity contribution in [2.45, 2.75) is 6.42 Å². The van der Waals surface area contributed by atoms with E-state index in [4.69, 9.17) is 0 Å². The van der Waals surface area contributed by atoms with Crippen LogP contribution in [0.3, 0.4) is 0 Å². The Morgan fingerprint density at radius 1 is 1.47 bits per heavy atom. The number of pyridine rings is 1. The lowest BCUT2D eigenvalue weighted by Crippen LogP contribution is -2.10. The number of nitrogens with zero attached hydrogens (tertiary/aromatic N) is 1. The van der Waals surface area contributed by atoms with Crippen LogP contribution >= 0.6 is 15.9 Å². The van der Waals surface area contributed by atoms with E-state index in [9.17, 15) is 8.42 Å². The first-order chi connectivity index (χ1) is 6.97. The molecule has 0 unspecified atom stereocenters. The van der Waals surface area contributed by atoms with Crippen LogP contribution in [-0.4, -0.2) is 32.0 Å². The zero-order valence-electron chi connectivity index (χ0n) is 8.40. The molecule has 0 aliphatic carbocycles. The third-order valence-electron chi connectivity index (χ3n) is 1.71. The van der Waals surface area contributed by atoms with Gasteiger partial charge in [-0.1, -0.05) is 6.07 Å². The summed E-state index contributed by atoms with van der Waals surface area (Å²) in [6.45, 7) is 0.608. The zero-order chi connectivity index (χ0) is 11.3. The number of rotatable bonds is 5. The number of hydrogen-bond acceptors (Lipinski definition) is 4. The highest BCUT2D eigenvalue weighted by molar-refractivity contribution is 9.10. The van der Waals surface area contributed by atoms with Crippen molar-refractivity contribution in [3.05, 3.63) is 22.8 Å². The van der Waals surface area contributed by atoms with Gasteiger partial charge in [0.15, 0.2) is 0 Å². The topological polar surface area (TPSA) is 59.1 Å². The Morgan fingerprint density at radius 2 is 2.20 bits per heavy atom. The number of halogens is 1. The van der Waals surface area contributed by atoms with E-state index in [0.29, 0.717) is 13.0 Å². The van der Waals surface area contributed by atoms with Crippen molar-refractivity contribution in [3.63, 3.8) is 0 Å². The lowest BCUT2D eigenvalue weighted by Gasteiger charge is -2.04. The first kappa shape index (κ1) is 12.4. The molecule has 1 rings (SSSR count). The minimum atomic E-state index is -2.86. The van der Waals surface area contributed by atoms with Gasteiger partial charge in [-0.2, -0.15) is 0 Å². The van der Waals surface area contributed by atoms with Gasteiger partial charge < -0.3 is 5.32 Å². The van der Waals surface area contributed by atoms with Crippen LogP contribution < -0.4 is 5.32 Å². The monoisotopic (exact) mass is 292 g/mol. The minimum absolute atomic E-state index is 0.202. The van der Waals surface area contributed by atoms with Crippen molar-refractivity contribution in [1.82, 2.24) is 4.98 Å². The highest BCUT2D eigenvalue weighted by Crippen LogP contribution is 2.09. The molecule has 0 radical (unpaired) electrons. The van der Waals surface area contributed by atoms with Gasteiger partial charge in [-0.05, 0) is 34.5 Å². The van der Waals surface area contributed by atoms with Crippen molar-refractivity contribution in [2.75, 3.05) is 23.9 Å². The molecule has 4 nitrogen and oxygen atoms in total. The summed E-state index contributed by atoms with van der Waals surface area (Å²) < 4.78 is 22.5. The average Bonchev–Trinajstić information content (AvgIpc) is 2.11. The highest BCUT2D eigenvalue weighted by Gasteiger charge is 2.01. The second-order valence-electron chi connectivity index (χ2n) is 3.26. The third-order valence-corrected chi connectivity index (χ3v) is 3.19. The van der Waals surface area contributed by atoms with E-state index in [1.807, 2.05) is 18.2 Å². The van der Waals surface area contributed by atoms with Gasteiger partial charge in [-0.15, -0.1) is 0 Å². The number of aromatic nitrogens is 1. The SMILES string of the molecule is CS(=O)(=O)CCCNc1cccc(Br)n1. The van der Waals surface area contributed by atoms with Crippen LogP contribution in [-0.2, 0) is 9.84 Å². The molecule has 0 fully saturated rings. The molecule has 0 spiro atoms. The summed E-state index contributed by atoms with van der Waals surface area (Å²) in [6, 6.07) is 5.54. The Kier molecular flexibility index (Phi) is 4.53. The number of sulfone groups is 1. The second-order valence-corrected chi connectivity index (χ2v) is 6.33. The average molecular weight is 293 g/mol. The van der Waals surface area contributed by atoms with Gasteiger partial charge in [0.05, 0.1) is 5.75 Å². The second kappa shape index (κ2) is 5.46. The standard InChI is InChI=1S/C9H13BrN2O2S/c1-15(13,14)7-3-6-11-9-5-2-4-8(10)12-9/h2,4-5H,3,6-7H2,1H3,(H,11,12). The molecule has 1 heterocycles. The largest absolute Gasteiger partial charge is 0.370 e. The normalized spacial score (nSPS) is 11.3. The maximum Gasteiger partial charge on any atom is 0.147 e. The van der Waals surface area contributed by atoms with Crippen molar-refractivity contribution in [3.8, 4) is 0 Å². The van der Waals surface area contributed by atoms with E-state index in [0.717, 1.165) is 10.4 Å². The van der Waals surface area contributed by atoms with Gasteiger partial charge in [0.25, 0.3) is 0 Å². The zero-order valence-corrected chi connectivity index (χ0v) is 10.8. The fourth-order valence-electron chi connectivity index (χ4n) is 1.06. The molecule has 0 bridgehead atoms. The Balaban J connectivity index is 2.32. The number of nitrogens with one attached hydrogen (secondary N) is 1. The first-order valence-electron chi connectivity index (χ1n) is 4.51. The van der Waals surface area contributed by atoms with E-state index in [1.54, 1.807) is 0 Å². The summed E-state index contributed by atoms with van der Waals surface area (Å²) in [5.41, 5.74) is 0. The lowest BCUT2D eigenvalue weighted by atomic mass is 10.4. The molecule has 1 aromatic rings. The molecular formula is C9H13BrN2O2S. The Hall–Kier alpha value is -0.620. The molecule has 1 N–H and O–H groups in total. The van der Waals surface area contributed by atoms with Crippen LogP contribution in [0.25, 0.3) is 0 Å². The van der Waals surface area contributed by atoms with Crippen molar-refractivity contribution >= 4 is 31.6 Å².